The number of carbonyl (C=O) groups is 2. The second-order valence-corrected chi connectivity index (χ2v) is 16.0. The van der Waals surface area contributed by atoms with Gasteiger partial charge in [0, 0.05) is 49.7 Å². The molecule has 15 nitrogen and oxygen atoms in total. The minimum atomic E-state index is -1.22. The number of azide groups is 1. The molecule has 2 N–H and O–H groups in total. The van der Waals surface area contributed by atoms with Crippen LogP contribution in [0.3, 0.4) is 0 Å². The van der Waals surface area contributed by atoms with Gasteiger partial charge in [0.1, 0.15) is 12.2 Å². The number of aliphatic hydroxyl groups excluding tert-OH is 2. The maximum absolute atomic E-state index is 14.0. The summed E-state index contributed by atoms with van der Waals surface area (Å²) in [6, 6.07) is -0.911. The molecular formula is C36H66N6O9. The van der Waals surface area contributed by atoms with Gasteiger partial charge in [-0.2, -0.15) is 0 Å². The zero-order chi connectivity index (χ0) is 38.4. The van der Waals surface area contributed by atoms with Crippen LogP contribution in [0.4, 0.5) is 4.79 Å². The van der Waals surface area contributed by atoms with Crippen LogP contribution in [0.1, 0.15) is 87.5 Å². The molecule has 4 unspecified atom stereocenters. The summed E-state index contributed by atoms with van der Waals surface area (Å²) in [6.07, 6.45) is -2.72. The lowest BCUT2D eigenvalue weighted by atomic mass is 9.77. The number of fused-ring (bicyclic) bond motifs is 1. The molecule has 15 heteroatoms. The smallest absolute Gasteiger partial charge is 0.410 e. The van der Waals surface area contributed by atoms with E-state index in [0.29, 0.717) is 51.7 Å². The van der Waals surface area contributed by atoms with Crippen LogP contribution < -0.4 is 0 Å². The minimum absolute atomic E-state index is 0.0347. The molecule has 294 valence electrons. The predicted octanol–water partition coefficient (Wildman–Crippen LogP) is 4.19. The molecule has 0 aromatic rings. The average molecular weight is 727 g/mol. The van der Waals surface area contributed by atoms with Crippen molar-refractivity contribution in [2.75, 3.05) is 47.9 Å². The summed E-state index contributed by atoms with van der Waals surface area (Å²) < 4.78 is 31.5. The first kappa shape index (κ1) is 43.2. The van der Waals surface area contributed by atoms with E-state index in [1.807, 2.05) is 60.7 Å². The molecule has 51 heavy (non-hydrogen) atoms. The molecule has 0 aromatic heterocycles. The lowest BCUT2D eigenvalue weighted by molar-refractivity contribution is -0.301. The Kier molecular flexibility index (Phi) is 15.4. The maximum atomic E-state index is 14.0. The summed E-state index contributed by atoms with van der Waals surface area (Å²) in [5.41, 5.74) is 6.52. The van der Waals surface area contributed by atoms with E-state index in [2.05, 4.69) is 28.8 Å². The van der Waals surface area contributed by atoms with Crippen LogP contribution in [0.5, 0.6) is 0 Å². The summed E-state index contributed by atoms with van der Waals surface area (Å²) in [5.74, 6) is -2.23. The highest BCUT2D eigenvalue weighted by atomic mass is 16.7. The summed E-state index contributed by atoms with van der Waals surface area (Å²) in [7, 11) is 7.45. The van der Waals surface area contributed by atoms with Gasteiger partial charge in [0.15, 0.2) is 11.9 Å². The molecular weight excluding hydrogens is 660 g/mol. The number of amides is 1. The minimum Gasteiger partial charge on any atom is -0.458 e. The highest BCUT2D eigenvalue weighted by molar-refractivity contribution is 5.74. The van der Waals surface area contributed by atoms with Crippen molar-refractivity contribution in [2.45, 2.75) is 154 Å². The Bertz CT molecular complexity index is 1210. The van der Waals surface area contributed by atoms with E-state index in [4.69, 9.17) is 29.2 Å². The molecule has 0 bridgehead atoms. The number of likely N-dealkylation sites (N-methyl/N-ethyl adjacent to an activating group) is 2. The Morgan fingerprint density at radius 3 is 2.35 bits per heavy atom. The van der Waals surface area contributed by atoms with E-state index in [1.54, 1.807) is 18.9 Å². The Morgan fingerprint density at radius 1 is 1.10 bits per heavy atom. The monoisotopic (exact) mass is 726 g/mol. The third-order valence-corrected chi connectivity index (χ3v) is 11.7. The molecule has 3 aliphatic heterocycles. The number of ether oxygens (including phenoxy) is 5. The van der Waals surface area contributed by atoms with Crippen LogP contribution in [0.25, 0.3) is 10.4 Å². The van der Waals surface area contributed by atoms with Crippen LogP contribution in [-0.2, 0) is 28.5 Å². The first-order valence-electron chi connectivity index (χ1n) is 18.7. The van der Waals surface area contributed by atoms with E-state index in [9.17, 15) is 19.8 Å². The number of rotatable bonds is 10. The molecule has 0 saturated carbocycles. The van der Waals surface area contributed by atoms with Crippen LogP contribution in [0.15, 0.2) is 5.11 Å². The number of esters is 1. The van der Waals surface area contributed by atoms with Crippen molar-refractivity contribution < 1.29 is 43.5 Å². The van der Waals surface area contributed by atoms with Gasteiger partial charge in [-0.05, 0) is 99.3 Å². The Labute approximate surface area is 304 Å². The quantitative estimate of drug-likeness (QED) is 0.108. The number of aliphatic hydroxyl groups is 2. The van der Waals surface area contributed by atoms with Gasteiger partial charge in [0.25, 0.3) is 0 Å². The highest BCUT2D eigenvalue weighted by Gasteiger charge is 2.59. The second-order valence-electron chi connectivity index (χ2n) is 16.0. The largest absolute Gasteiger partial charge is 0.458 e. The topological polar surface area (TPSA) is 179 Å². The SMILES string of the molecule is CC[C@H]1OC(=O)[C@H](C)C(O)[C@H](C)[C@@H](O[C@@H]2OC(C)CC(N(C)C)C2O)[C@](C)(OC)C[C@@H](C)CN(C)[C@H](C)[C@H]2N(CCCCN=[N+]=[N-])C(=O)O[C@]12C. The Morgan fingerprint density at radius 2 is 1.76 bits per heavy atom. The zero-order valence-corrected chi connectivity index (χ0v) is 33.0. The summed E-state index contributed by atoms with van der Waals surface area (Å²) in [6.45, 7) is 16.6. The van der Waals surface area contributed by atoms with Gasteiger partial charge in [0.2, 0.25) is 0 Å². The van der Waals surface area contributed by atoms with Crippen molar-refractivity contribution in [3.8, 4) is 0 Å². The fourth-order valence-electron chi connectivity index (χ4n) is 8.69. The van der Waals surface area contributed by atoms with Gasteiger partial charge in [0.05, 0.1) is 35.9 Å². The third-order valence-electron chi connectivity index (χ3n) is 11.7. The number of hydrogen-bond donors (Lipinski definition) is 2. The average Bonchev–Trinajstić information content (AvgIpc) is 3.33. The van der Waals surface area contributed by atoms with Crippen LogP contribution >= 0.6 is 0 Å². The van der Waals surface area contributed by atoms with Gasteiger partial charge >= 0.3 is 12.1 Å². The van der Waals surface area contributed by atoms with Crippen molar-refractivity contribution in [1.82, 2.24) is 14.7 Å². The van der Waals surface area contributed by atoms with Crippen LogP contribution in [0, 0.1) is 17.8 Å². The third kappa shape index (κ3) is 9.66. The standard InChI is InChI=1S/C36H66N6O9/c1-13-27-36(8)30(42(34(46)51-36)17-15-14-16-38-39-37)25(6)41(11)20-21(2)19-35(7,47-12)31(23(4)28(43)24(5)32(45)49-27)50-33-29(44)26(40(9)10)18-22(3)48-33/h21-31,33,43-44H,13-20H2,1-12H3/t21-,22?,23+,24-,25-,26?,27-,28?,29?,30-,31-,33+,35-,36-/m1/s1. The maximum Gasteiger partial charge on any atom is 0.410 e. The number of cyclic esters (lactones) is 1. The van der Waals surface area contributed by atoms with Gasteiger partial charge in [-0.3, -0.25) is 9.69 Å². The fraction of sp³-hybridized carbons (Fsp3) is 0.944. The lowest BCUT2D eigenvalue weighted by Crippen LogP contribution is -2.61. The molecule has 3 saturated heterocycles. The molecule has 1 amide bonds. The molecule has 14 atom stereocenters. The summed E-state index contributed by atoms with van der Waals surface area (Å²) >= 11 is 0. The first-order valence-corrected chi connectivity index (χ1v) is 18.7. The summed E-state index contributed by atoms with van der Waals surface area (Å²) in [5, 5.41) is 26.9. The van der Waals surface area contributed by atoms with Gasteiger partial charge in [-0.1, -0.05) is 25.9 Å². The number of unbranched alkanes of at least 4 members (excludes halogenated alkanes) is 1. The molecule has 3 fully saturated rings. The summed E-state index contributed by atoms with van der Waals surface area (Å²) in [4.78, 5) is 36.2. The molecule has 0 spiro atoms. The highest BCUT2D eigenvalue weighted by Crippen LogP contribution is 2.41. The van der Waals surface area contributed by atoms with Crippen molar-refractivity contribution in [1.29, 1.82) is 0 Å². The van der Waals surface area contributed by atoms with Crippen molar-refractivity contribution >= 4 is 12.1 Å². The number of methoxy groups -OCH3 is 1. The van der Waals surface area contributed by atoms with Crippen LogP contribution in [0.2, 0.25) is 0 Å². The molecule has 0 aromatic carbocycles. The molecule has 3 rings (SSSR count). The molecule has 3 heterocycles. The molecule has 0 radical (unpaired) electrons. The Balaban J connectivity index is 2.06. The number of nitrogens with zero attached hydrogens (tertiary/aromatic N) is 6. The van der Waals surface area contributed by atoms with E-state index in [-0.39, 0.29) is 24.1 Å². The van der Waals surface area contributed by atoms with Crippen molar-refractivity contribution in [2.24, 2.45) is 22.9 Å². The van der Waals surface area contributed by atoms with E-state index < -0.39 is 71.8 Å². The number of carbonyl (C=O) groups excluding carboxylic acids is 2. The van der Waals surface area contributed by atoms with Crippen molar-refractivity contribution in [3.63, 3.8) is 0 Å². The van der Waals surface area contributed by atoms with Crippen LogP contribution in [-0.4, -0.2) is 151 Å². The van der Waals surface area contributed by atoms with Gasteiger partial charge in [-0.25, -0.2) is 4.79 Å². The molecule has 3 aliphatic rings. The first-order chi connectivity index (χ1) is 23.9. The number of hydrogen-bond acceptors (Lipinski definition) is 12. The Hall–Kier alpha value is -2.23. The fourth-order valence-corrected chi connectivity index (χ4v) is 8.69. The van der Waals surface area contributed by atoms with E-state index in [0.717, 1.165) is 0 Å². The predicted molar refractivity (Wildman–Crippen MR) is 192 cm³/mol. The second kappa shape index (κ2) is 18.2. The lowest BCUT2D eigenvalue weighted by Gasteiger charge is -2.48. The van der Waals surface area contributed by atoms with Gasteiger partial charge in [-0.15, -0.1) is 0 Å². The molecule has 0 aliphatic carbocycles. The van der Waals surface area contributed by atoms with Gasteiger partial charge < -0.3 is 43.7 Å². The van der Waals surface area contributed by atoms with E-state index >= 15 is 0 Å². The zero-order valence-electron chi connectivity index (χ0n) is 33.0. The van der Waals surface area contributed by atoms with Crippen molar-refractivity contribution in [3.05, 3.63) is 10.4 Å². The van der Waals surface area contributed by atoms with E-state index in [1.165, 1.54) is 0 Å². The normalized spacial score (nSPS) is 42.0.